The average molecular weight is 555 g/mol. The van der Waals surface area contributed by atoms with Gasteiger partial charge in [-0.15, -0.1) is 0 Å². The van der Waals surface area contributed by atoms with E-state index in [0.717, 1.165) is 0 Å². The number of hydrogen-bond acceptors (Lipinski definition) is 5. The van der Waals surface area contributed by atoms with Gasteiger partial charge in [-0.2, -0.15) is 0 Å². The first-order valence-corrected chi connectivity index (χ1v) is 11.7. The number of thiocarbonyl (C=S) groups is 1. The van der Waals surface area contributed by atoms with Gasteiger partial charge in [0.05, 0.1) is 15.7 Å². The number of anilines is 1. The van der Waals surface area contributed by atoms with Crippen LogP contribution < -0.4 is 15.4 Å². The molecule has 174 valence electrons. The van der Waals surface area contributed by atoms with Crippen molar-refractivity contribution in [2.45, 2.75) is 13.0 Å². The maximum absolute atomic E-state index is 12.5. The van der Waals surface area contributed by atoms with Gasteiger partial charge in [0.15, 0.2) is 16.8 Å². The van der Waals surface area contributed by atoms with Gasteiger partial charge in [-0.1, -0.05) is 46.4 Å². The second-order valence-corrected chi connectivity index (χ2v) is 9.20. The summed E-state index contributed by atoms with van der Waals surface area (Å²) in [6, 6.07) is 15.0. The number of nitrogens with zero attached hydrogens (tertiary/aromatic N) is 1. The molecule has 1 unspecified atom stereocenters. The van der Waals surface area contributed by atoms with E-state index < -0.39 is 12.0 Å². The van der Waals surface area contributed by atoms with Gasteiger partial charge < -0.3 is 14.5 Å². The molecule has 0 radical (unpaired) electrons. The molecule has 1 atom stereocenters. The van der Waals surface area contributed by atoms with Crippen LogP contribution in [0, 0.1) is 0 Å². The SMILES string of the molecule is CC(Oc1ccc(Cl)cc1Cl)C(=O)NC(=S)Nc1cc(-c2nc3cc(Cl)ccc3o2)ccc1Cl. The van der Waals surface area contributed by atoms with Crippen LogP contribution in [0.3, 0.4) is 0 Å². The largest absolute Gasteiger partial charge is 0.479 e. The molecule has 0 aliphatic heterocycles. The molecule has 2 N–H and O–H groups in total. The minimum atomic E-state index is -0.883. The van der Waals surface area contributed by atoms with Crippen molar-refractivity contribution in [1.82, 2.24) is 10.3 Å². The highest BCUT2D eigenvalue weighted by Gasteiger charge is 2.18. The van der Waals surface area contributed by atoms with E-state index in [1.165, 1.54) is 6.07 Å². The fraction of sp³-hybridized carbons (Fsp3) is 0.0870. The summed E-state index contributed by atoms with van der Waals surface area (Å²) < 4.78 is 11.4. The number of rotatable bonds is 5. The number of carbonyl (C=O) groups excluding carboxylic acids is 1. The molecular weight excluding hydrogens is 540 g/mol. The molecule has 1 amide bonds. The number of ether oxygens (including phenoxy) is 1. The zero-order valence-corrected chi connectivity index (χ0v) is 21.2. The van der Waals surface area contributed by atoms with Gasteiger partial charge in [-0.3, -0.25) is 10.1 Å². The fourth-order valence-corrected chi connectivity index (χ4v) is 3.95. The van der Waals surface area contributed by atoms with Gasteiger partial charge in [-0.25, -0.2) is 4.98 Å². The van der Waals surface area contributed by atoms with Gasteiger partial charge in [0.2, 0.25) is 5.89 Å². The normalized spacial score (nSPS) is 11.8. The van der Waals surface area contributed by atoms with Crippen molar-refractivity contribution in [1.29, 1.82) is 0 Å². The Labute approximate surface area is 220 Å². The molecule has 34 heavy (non-hydrogen) atoms. The maximum atomic E-state index is 12.5. The van der Waals surface area contributed by atoms with Crippen LogP contribution in [0.1, 0.15) is 6.92 Å². The van der Waals surface area contributed by atoms with Crippen LogP contribution in [-0.2, 0) is 4.79 Å². The molecule has 0 aliphatic rings. The topological polar surface area (TPSA) is 76.4 Å². The molecule has 1 heterocycles. The van der Waals surface area contributed by atoms with E-state index in [9.17, 15) is 4.79 Å². The van der Waals surface area contributed by atoms with Crippen LogP contribution in [-0.4, -0.2) is 22.1 Å². The molecule has 3 aromatic carbocycles. The van der Waals surface area contributed by atoms with Crippen molar-refractivity contribution in [3.05, 3.63) is 74.7 Å². The van der Waals surface area contributed by atoms with Crippen LogP contribution >= 0.6 is 58.6 Å². The van der Waals surface area contributed by atoms with Gasteiger partial charge in [0, 0.05) is 15.6 Å². The second-order valence-electron chi connectivity index (χ2n) is 7.10. The van der Waals surface area contributed by atoms with Gasteiger partial charge in [-0.05, 0) is 73.7 Å². The van der Waals surface area contributed by atoms with Gasteiger partial charge in [0.25, 0.3) is 5.91 Å². The number of benzene rings is 3. The highest BCUT2D eigenvalue weighted by atomic mass is 35.5. The van der Waals surface area contributed by atoms with Crippen molar-refractivity contribution in [2.24, 2.45) is 0 Å². The van der Waals surface area contributed by atoms with E-state index in [0.29, 0.717) is 49.1 Å². The zero-order chi connectivity index (χ0) is 24.4. The van der Waals surface area contributed by atoms with E-state index >= 15 is 0 Å². The first-order valence-electron chi connectivity index (χ1n) is 9.79. The minimum absolute atomic E-state index is 0.0334. The highest BCUT2D eigenvalue weighted by Crippen LogP contribution is 2.31. The fourth-order valence-electron chi connectivity index (χ4n) is 2.96. The summed E-state index contributed by atoms with van der Waals surface area (Å²) in [6.45, 7) is 1.57. The second kappa shape index (κ2) is 10.4. The van der Waals surface area contributed by atoms with E-state index in [2.05, 4.69) is 15.6 Å². The summed E-state index contributed by atoms with van der Waals surface area (Å²) in [5.74, 6) is 0.225. The lowest BCUT2D eigenvalue weighted by molar-refractivity contribution is -0.125. The maximum Gasteiger partial charge on any atom is 0.266 e. The first-order chi connectivity index (χ1) is 16.2. The lowest BCUT2D eigenvalue weighted by Gasteiger charge is -2.17. The average Bonchev–Trinajstić information content (AvgIpc) is 3.20. The lowest BCUT2D eigenvalue weighted by Crippen LogP contribution is -2.42. The summed E-state index contributed by atoms with van der Waals surface area (Å²) in [5.41, 5.74) is 2.34. The molecule has 0 fully saturated rings. The minimum Gasteiger partial charge on any atom is -0.479 e. The molecule has 6 nitrogen and oxygen atoms in total. The molecular formula is C23H15Cl4N3O3S. The predicted molar refractivity (Wildman–Crippen MR) is 140 cm³/mol. The Balaban J connectivity index is 1.44. The quantitative estimate of drug-likeness (QED) is 0.250. The number of oxazole rings is 1. The number of halogens is 4. The lowest BCUT2D eigenvalue weighted by atomic mass is 10.2. The van der Waals surface area contributed by atoms with Crippen molar-refractivity contribution in [2.75, 3.05) is 5.32 Å². The molecule has 4 aromatic rings. The summed E-state index contributed by atoms with van der Waals surface area (Å²) in [4.78, 5) is 17.0. The van der Waals surface area contributed by atoms with Gasteiger partial charge >= 0.3 is 0 Å². The summed E-state index contributed by atoms with van der Waals surface area (Å²) >= 11 is 29.6. The molecule has 0 aliphatic carbocycles. The number of nitrogens with one attached hydrogen (secondary N) is 2. The van der Waals surface area contributed by atoms with Crippen molar-refractivity contribution in [3.63, 3.8) is 0 Å². The Hall–Kier alpha value is -2.55. The van der Waals surface area contributed by atoms with Crippen molar-refractivity contribution < 1.29 is 13.9 Å². The number of aromatic nitrogens is 1. The van der Waals surface area contributed by atoms with Crippen LogP contribution in [0.25, 0.3) is 22.6 Å². The predicted octanol–water partition coefficient (Wildman–Crippen LogP) is 7.39. The summed E-state index contributed by atoms with van der Waals surface area (Å²) in [6.07, 6.45) is -0.883. The highest BCUT2D eigenvalue weighted by molar-refractivity contribution is 7.80. The third-order valence-electron chi connectivity index (χ3n) is 4.61. The Bertz CT molecular complexity index is 1410. The van der Waals surface area contributed by atoms with Gasteiger partial charge in [0.1, 0.15) is 11.3 Å². The van der Waals surface area contributed by atoms with Crippen molar-refractivity contribution in [3.8, 4) is 17.2 Å². The monoisotopic (exact) mass is 553 g/mol. The molecule has 1 aromatic heterocycles. The molecule has 0 bridgehead atoms. The van der Waals surface area contributed by atoms with Crippen molar-refractivity contribution >= 4 is 86.4 Å². The number of fused-ring (bicyclic) bond motifs is 1. The van der Waals surface area contributed by atoms with E-state index in [4.69, 9.17) is 67.8 Å². The Morgan fingerprint density at radius 2 is 1.74 bits per heavy atom. The molecule has 0 saturated carbocycles. The number of carbonyl (C=O) groups is 1. The Kier molecular flexibility index (Phi) is 7.50. The smallest absolute Gasteiger partial charge is 0.266 e. The van der Waals surface area contributed by atoms with E-state index in [-0.39, 0.29) is 10.1 Å². The van der Waals surface area contributed by atoms with E-state index in [1.807, 2.05) is 0 Å². The third-order valence-corrected chi connectivity index (χ3v) is 5.91. The van der Waals surface area contributed by atoms with Crippen LogP contribution in [0.2, 0.25) is 20.1 Å². The number of hydrogen-bond donors (Lipinski definition) is 2. The van der Waals surface area contributed by atoms with Crippen LogP contribution in [0.4, 0.5) is 5.69 Å². The molecule has 11 heteroatoms. The summed E-state index contributed by atoms with van der Waals surface area (Å²) in [7, 11) is 0. The van der Waals surface area contributed by atoms with Crippen LogP contribution in [0.15, 0.2) is 59.0 Å². The Morgan fingerprint density at radius 1 is 1.00 bits per heavy atom. The van der Waals surface area contributed by atoms with Crippen LogP contribution in [0.5, 0.6) is 5.75 Å². The summed E-state index contributed by atoms with van der Waals surface area (Å²) in [5, 5.41) is 7.20. The third kappa shape index (κ3) is 5.74. The van der Waals surface area contributed by atoms with E-state index in [1.54, 1.807) is 55.5 Å². The Morgan fingerprint density at radius 3 is 2.50 bits per heavy atom. The molecule has 0 spiro atoms. The zero-order valence-electron chi connectivity index (χ0n) is 17.4. The number of amides is 1. The molecule has 0 saturated heterocycles. The first kappa shape index (κ1) is 24.6. The molecule has 4 rings (SSSR count). The standard InChI is InChI=1S/C23H15Cl4N3O3S/c1-11(32-19-6-3-13(24)9-16(19)27)21(31)30-23(34)29-17-8-12(2-5-15(17)26)22-28-18-10-14(25)4-7-20(18)33-22/h2-11H,1H3,(H2,29,30,31,34).